The van der Waals surface area contributed by atoms with Crippen molar-refractivity contribution in [2.45, 2.75) is 12.3 Å². The predicted octanol–water partition coefficient (Wildman–Crippen LogP) is 5.60. The van der Waals surface area contributed by atoms with Gasteiger partial charge in [0.25, 0.3) is 0 Å². The van der Waals surface area contributed by atoms with E-state index in [1.165, 1.54) is 21.2 Å². The molecule has 4 aromatic carbocycles. The Morgan fingerprint density at radius 1 is 0.414 bits per heavy atom. The fourth-order valence-corrected chi connectivity index (χ4v) is 10.5. The first kappa shape index (κ1) is 22.0. The quantitative estimate of drug-likeness (QED) is 0.264. The molecule has 0 heterocycles. The minimum atomic E-state index is -0.470. The molecule has 3 heteroatoms. The van der Waals surface area contributed by atoms with Crippen molar-refractivity contribution in [3.63, 3.8) is 0 Å². The maximum absolute atomic E-state index is 2.46. The minimum absolute atomic E-state index is 0. The monoisotopic (exact) mass is 453 g/mol. The third kappa shape index (κ3) is 5.25. The fourth-order valence-electron chi connectivity index (χ4n) is 3.63. The van der Waals surface area contributed by atoms with Crippen LogP contribution in [0.4, 0.5) is 0 Å². The summed E-state index contributed by atoms with van der Waals surface area (Å²) >= 11 is 0. The molecule has 0 N–H and O–H groups in total. The largest absolute Gasteiger partial charge is 0.0622 e. The first-order valence-corrected chi connectivity index (χ1v) is 12.5. The maximum Gasteiger partial charge on any atom is 0.0126 e. The second-order valence-electron chi connectivity index (χ2n) is 6.71. The molecule has 0 aromatic heterocycles. The van der Waals surface area contributed by atoms with Gasteiger partial charge in [-0.25, -0.2) is 0 Å². The van der Waals surface area contributed by atoms with Gasteiger partial charge in [-0.05, 0) is 37.1 Å². The smallest absolute Gasteiger partial charge is 0.0126 e. The first-order valence-electron chi connectivity index (χ1n) is 9.63. The van der Waals surface area contributed by atoms with E-state index in [4.69, 9.17) is 0 Å². The van der Waals surface area contributed by atoms with Crippen LogP contribution in [0, 0.1) is 0 Å². The molecule has 0 aliphatic rings. The van der Waals surface area contributed by atoms with E-state index in [2.05, 4.69) is 128 Å². The molecule has 0 saturated carbocycles. The van der Waals surface area contributed by atoms with E-state index in [1.807, 2.05) is 0 Å². The summed E-state index contributed by atoms with van der Waals surface area (Å²) in [6.07, 6.45) is 0. The molecule has 0 bridgehead atoms. The van der Waals surface area contributed by atoms with Crippen molar-refractivity contribution in [3.05, 3.63) is 121 Å². The molecule has 1 radical (unpaired) electrons. The first-order chi connectivity index (χ1) is 13.8. The van der Waals surface area contributed by atoms with Crippen molar-refractivity contribution >= 4 is 37.1 Å². The van der Waals surface area contributed by atoms with E-state index in [0.29, 0.717) is 5.40 Å². The van der Waals surface area contributed by atoms with Crippen LogP contribution in [0.15, 0.2) is 121 Å². The number of hydrogen-bond acceptors (Lipinski definition) is 0. The normalized spacial score (nSPS) is 10.9. The van der Waals surface area contributed by atoms with Crippen LogP contribution >= 0.6 is 15.8 Å². The molecule has 0 nitrogen and oxygen atoms in total. The van der Waals surface area contributed by atoms with Gasteiger partial charge in [-0.15, -0.1) is 0 Å². The Bertz CT molecular complexity index is 814. The summed E-state index contributed by atoms with van der Waals surface area (Å²) in [4.78, 5) is 0. The van der Waals surface area contributed by atoms with Gasteiger partial charge >= 0.3 is 0 Å². The molecule has 0 unspecified atom stereocenters. The summed E-state index contributed by atoms with van der Waals surface area (Å²) < 4.78 is 0. The fraction of sp³-hybridized carbons (Fsp3) is 0.0769. The molecular formula is C26H24MnP2. The molecule has 0 aliphatic carbocycles. The van der Waals surface area contributed by atoms with Crippen LogP contribution in [-0.2, 0) is 17.1 Å². The Hall–Kier alpha value is -1.74. The Balaban J connectivity index is 0.00000240. The van der Waals surface area contributed by atoms with Gasteiger partial charge in [-0.2, -0.15) is 0 Å². The van der Waals surface area contributed by atoms with Crippen molar-refractivity contribution in [2.24, 2.45) is 0 Å². The topological polar surface area (TPSA) is 0 Å². The summed E-state index contributed by atoms with van der Waals surface area (Å²) in [5.74, 6) is 0. The second kappa shape index (κ2) is 10.9. The van der Waals surface area contributed by atoms with Gasteiger partial charge < -0.3 is 0 Å². The average Bonchev–Trinajstić information content (AvgIpc) is 2.77. The van der Waals surface area contributed by atoms with Gasteiger partial charge in [-0.1, -0.05) is 128 Å². The minimum Gasteiger partial charge on any atom is -0.0622 e. The molecule has 4 aromatic rings. The van der Waals surface area contributed by atoms with E-state index in [1.54, 1.807) is 0 Å². The molecule has 29 heavy (non-hydrogen) atoms. The van der Waals surface area contributed by atoms with E-state index < -0.39 is 15.8 Å². The van der Waals surface area contributed by atoms with Crippen LogP contribution in [0.5, 0.6) is 0 Å². The van der Waals surface area contributed by atoms with Crippen molar-refractivity contribution in [2.75, 3.05) is 0 Å². The van der Waals surface area contributed by atoms with Crippen molar-refractivity contribution in [1.82, 2.24) is 0 Å². The third-order valence-electron chi connectivity index (χ3n) is 4.88. The van der Waals surface area contributed by atoms with E-state index in [9.17, 15) is 0 Å². The van der Waals surface area contributed by atoms with Gasteiger partial charge in [0.2, 0.25) is 0 Å². The molecule has 0 fully saturated rings. The standard InChI is InChI=1S/C26H24P2.Mn/c1-22(27(23-14-6-2-7-15-23)24-16-8-3-9-17-24)28(25-18-10-4-11-19-25)26-20-12-5-13-21-26;/h2-22H,1H3;. The third-order valence-corrected chi connectivity index (χ3v) is 11.2. The van der Waals surface area contributed by atoms with Crippen LogP contribution in [-0.4, -0.2) is 5.40 Å². The summed E-state index contributed by atoms with van der Waals surface area (Å²) in [5, 5.41) is 6.34. The van der Waals surface area contributed by atoms with Crippen molar-refractivity contribution in [1.29, 1.82) is 0 Å². The number of hydrogen-bond donors (Lipinski definition) is 0. The Morgan fingerprint density at radius 3 is 0.828 bits per heavy atom. The number of rotatable bonds is 6. The molecule has 145 valence electrons. The van der Waals surface area contributed by atoms with Crippen LogP contribution < -0.4 is 21.2 Å². The van der Waals surface area contributed by atoms with Crippen LogP contribution in [0.2, 0.25) is 0 Å². The molecule has 0 aliphatic heterocycles. The molecule has 0 saturated heterocycles. The Morgan fingerprint density at radius 2 is 0.621 bits per heavy atom. The summed E-state index contributed by atoms with van der Waals surface area (Å²) in [6, 6.07) is 44.3. The van der Waals surface area contributed by atoms with Crippen LogP contribution in [0.3, 0.4) is 0 Å². The Kier molecular flexibility index (Phi) is 8.23. The van der Waals surface area contributed by atoms with Gasteiger partial charge in [0.15, 0.2) is 0 Å². The average molecular weight is 453 g/mol. The summed E-state index contributed by atoms with van der Waals surface area (Å²) in [6.45, 7) is 2.46. The molecule has 0 spiro atoms. The van der Waals surface area contributed by atoms with Crippen LogP contribution in [0.1, 0.15) is 6.92 Å². The van der Waals surface area contributed by atoms with E-state index in [0.717, 1.165) is 0 Å². The molecule has 0 atom stereocenters. The Labute approximate surface area is 187 Å². The summed E-state index contributed by atoms with van der Waals surface area (Å²) in [7, 11) is -0.940. The van der Waals surface area contributed by atoms with Gasteiger partial charge in [0.05, 0.1) is 0 Å². The predicted molar refractivity (Wildman–Crippen MR) is 128 cm³/mol. The van der Waals surface area contributed by atoms with Gasteiger partial charge in [0.1, 0.15) is 0 Å². The molecule has 4 rings (SSSR count). The molecule has 0 amide bonds. The van der Waals surface area contributed by atoms with Gasteiger partial charge in [-0.3, -0.25) is 0 Å². The van der Waals surface area contributed by atoms with Gasteiger partial charge in [0, 0.05) is 22.5 Å². The maximum atomic E-state index is 2.46. The zero-order chi connectivity index (χ0) is 19.2. The molecular weight excluding hydrogens is 429 g/mol. The van der Waals surface area contributed by atoms with E-state index in [-0.39, 0.29) is 17.1 Å². The second-order valence-corrected chi connectivity index (χ2v) is 12.2. The number of benzene rings is 4. The SMILES string of the molecule is CC(P(c1ccccc1)c1ccccc1)P(c1ccccc1)c1ccccc1.[Mn]. The van der Waals surface area contributed by atoms with Crippen molar-refractivity contribution in [3.8, 4) is 0 Å². The zero-order valence-electron chi connectivity index (χ0n) is 16.4. The van der Waals surface area contributed by atoms with Crippen molar-refractivity contribution < 1.29 is 17.1 Å². The summed E-state index contributed by atoms with van der Waals surface area (Å²) in [5.41, 5.74) is 0. The van der Waals surface area contributed by atoms with E-state index >= 15 is 0 Å². The van der Waals surface area contributed by atoms with Crippen LogP contribution in [0.25, 0.3) is 0 Å². The zero-order valence-corrected chi connectivity index (χ0v) is 19.4.